The van der Waals surface area contributed by atoms with Crippen LogP contribution in [0.4, 0.5) is 5.82 Å². The molecule has 2 rings (SSSR count). The number of hydrogen-bond acceptors (Lipinski definition) is 4. The molecular weight excluding hydrogens is 216 g/mol. The van der Waals surface area contributed by atoms with Gasteiger partial charge in [0.2, 0.25) is 0 Å². The second-order valence-electron chi connectivity index (χ2n) is 4.52. The highest BCUT2D eigenvalue weighted by Crippen LogP contribution is 2.31. The van der Waals surface area contributed by atoms with Crippen LogP contribution in [0.25, 0.3) is 0 Å². The molecule has 6 nitrogen and oxygen atoms in total. The summed E-state index contributed by atoms with van der Waals surface area (Å²) in [6.07, 6.45) is 5.90. The lowest BCUT2D eigenvalue weighted by Crippen LogP contribution is -2.31. The van der Waals surface area contributed by atoms with Crippen molar-refractivity contribution < 1.29 is 0 Å². The highest BCUT2D eigenvalue weighted by molar-refractivity contribution is 5.77. The SMILES string of the molecule is CCCn1nncc1N(CCC(=N)N)C1CC1. The van der Waals surface area contributed by atoms with Crippen molar-refractivity contribution in [3.63, 3.8) is 0 Å². The monoisotopic (exact) mass is 236 g/mol. The van der Waals surface area contributed by atoms with Gasteiger partial charge >= 0.3 is 0 Å². The zero-order chi connectivity index (χ0) is 12.3. The van der Waals surface area contributed by atoms with Gasteiger partial charge in [-0.05, 0) is 19.3 Å². The summed E-state index contributed by atoms with van der Waals surface area (Å²) in [6.45, 7) is 3.80. The van der Waals surface area contributed by atoms with E-state index in [2.05, 4.69) is 22.1 Å². The summed E-state index contributed by atoms with van der Waals surface area (Å²) in [5.41, 5.74) is 5.43. The van der Waals surface area contributed by atoms with E-state index in [0.717, 1.165) is 25.3 Å². The van der Waals surface area contributed by atoms with Crippen LogP contribution >= 0.6 is 0 Å². The van der Waals surface area contributed by atoms with Crippen LogP contribution in [0.15, 0.2) is 6.20 Å². The molecular formula is C11H20N6. The van der Waals surface area contributed by atoms with Gasteiger partial charge in [-0.1, -0.05) is 12.1 Å². The molecule has 0 aromatic carbocycles. The predicted molar refractivity (Wildman–Crippen MR) is 67.2 cm³/mol. The zero-order valence-electron chi connectivity index (χ0n) is 10.3. The minimum atomic E-state index is 0.241. The minimum absolute atomic E-state index is 0.241. The maximum atomic E-state index is 7.32. The van der Waals surface area contributed by atoms with Crippen LogP contribution in [-0.2, 0) is 6.54 Å². The molecule has 0 bridgehead atoms. The molecule has 3 N–H and O–H groups in total. The van der Waals surface area contributed by atoms with E-state index in [1.54, 1.807) is 0 Å². The third-order valence-electron chi connectivity index (χ3n) is 2.94. The fraction of sp³-hybridized carbons (Fsp3) is 0.727. The summed E-state index contributed by atoms with van der Waals surface area (Å²) in [5.74, 6) is 1.31. The molecule has 1 aromatic rings. The Hall–Kier alpha value is -1.59. The van der Waals surface area contributed by atoms with Gasteiger partial charge in [0.15, 0.2) is 0 Å². The van der Waals surface area contributed by atoms with Crippen LogP contribution in [0.5, 0.6) is 0 Å². The van der Waals surface area contributed by atoms with Crippen molar-refractivity contribution in [3.05, 3.63) is 6.20 Å². The number of aryl methyl sites for hydroxylation is 1. The summed E-state index contributed by atoms with van der Waals surface area (Å²) in [5, 5.41) is 15.4. The van der Waals surface area contributed by atoms with E-state index in [1.165, 1.54) is 12.8 Å². The lowest BCUT2D eigenvalue weighted by molar-refractivity contribution is 0.567. The van der Waals surface area contributed by atoms with E-state index >= 15 is 0 Å². The quantitative estimate of drug-likeness (QED) is 0.546. The van der Waals surface area contributed by atoms with Crippen LogP contribution in [0.3, 0.4) is 0 Å². The molecule has 0 atom stereocenters. The average molecular weight is 236 g/mol. The zero-order valence-corrected chi connectivity index (χ0v) is 10.3. The fourth-order valence-electron chi connectivity index (χ4n) is 1.96. The predicted octanol–water partition coefficient (Wildman–Crippen LogP) is 0.983. The van der Waals surface area contributed by atoms with Crippen molar-refractivity contribution in [2.75, 3.05) is 11.4 Å². The molecule has 0 amide bonds. The van der Waals surface area contributed by atoms with E-state index in [1.807, 2.05) is 10.9 Å². The van der Waals surface area contributed by atoms with Crippen molar-refractivity contribution in [3.8, 4) is 0 Å². The number of nitrogens with two attached hydrogens (primary N) is 1. The minimum Gasteiger partial charge on any atom is -0.388 e. The Kier molecular flexibility index (Phi) is 3.61. The number of hydrogen-bond donors (Lipinski definition) is 2. The molecule has 0 saturated heterocycles. The Morgan fingerprint density at radius 2 is 2.41 bits per heavy atom. The molecule has 1 aliphatic carbocycles. The molecule has 1 aromatic heterocycles. The van der Waals surface area contributed by atoms with Gasteiger partial charge in [-0.25, -0.2) is 4.68 Å². The molecule has 0 unspecified atom stereocenters. The number of amidine groups is 1. The normalized spacial score (nSPS) is 14.9. The first-order valence-corrected chi connectivity index (χ1v) is 6.20. The topological polar surface area (TPSA) is 83.8 Å². The Morgan fingerprint density at radius 1 is 1.65 bits per heavy atom. The summed E-state index contributed by atoms with van der Waals surface area (Å²) in [6, 6.07) is 0.587. The number of nitrogens with zero attached hydrogens (tertiary/aromatic N) is 4. The van der Waals surface area contributed by atoms with Crippen LogP contribution < -0.4 is 10.6 Å². The van der Waals surface area contributed by atoms with E-state index < -0.39 is 0 Å². The number of anilines is 1. The van der Waals surface area contributed by atoms with E-state index in [0.29, 0.717) is 12.5 Å². The van der Waals surface area contributed by atoms with Gasteiger partial charge < -0.3 is 10.6 Å². The largest absolute Gasteiger partial charge is 0.388 e. The smallest absolute Gasteiger partial charge is 0.147 e. The van der Waals surface area contributed by atoms with Gasteiger partial charge in [0.05, 0.1) is 12.0 Å². The fourth-order valence-corrected chi connectivity index (χ4v) is 1.96. The number of aromatic nitrogens is 3. The van der Waals surface area contributed by atoms with E-state index in [-0.39, 0.29) is 5.84 Å². The molecule has 17 heavy (non-hydrogen) atoms. The standard InChI is InChI=1S/C11H20N6/c1-2-6-17-11(8-14-15-17)16(9-3-4-9)7-5-10(12)13/h8-9H,2-7H2,1H3,(H3,12,13). The van der Waals surface area contributed by atoms with Crippen LogP contribution in [-0.4, -0.2) is 33.4 Å². The van der Waals surface area contributed by atoms with Crippen molar-refractivity contribution in [2.24, 2.45) is 5.73 Å². The lowest BCUT2D eigenvalue weighted by atomic mass is 10.3. The Labute approximate surface area is 101 Å². The third kappa shape index (κ3) is 2.95. The number of rotatable bonds is 7. The maximum Gasteiger partial charge on any atom is 0.147 e. The Balaban J connectivity index is 2.08. The Bertz CT molecular complexity index is 381. The van der Waals surface area contributed by atoms with E-state index in [9.17, 15) is 0 Å². The van der Waals surface area contributed by atoms with Gasteiger partial charge in [0, 0.05) is 25.6 Å². The van der Waals surface area contributed by atoms with Gasteiger partial charge in [0.25, 0.3) is 0 Å². The highest BCUT2D eigenvalue weighted by Gasteiger charge is 2.31. The molecule has 0 radical (unpaired) electrons. The van der Waals surface area contributed by atoms with Crippen molar-refractivity contribution >= 4 is 11.7 Å². The van der Waals surface area contributed by atoms with Crippen LogP contribution in [0.1, 0.15) is 32.6 Å². The summed E-state index contributed by atoms with van der Waals surface area (Å²) in [4.78, 5) is 2.29. The van der Waals surface area contributed by atoms with Crippen molar-refractivity contribution in [1.29, 1.82) is 5.41 Å². The van der Waals surface area contributed by atoms with Crippen LogP contribution in [0, 0.1) is 5.41 Å². The van der Waals surface area contributed by atoms with Crippen molar-refractivity contribution in [1.82, 2.24) is 15.0 Å². The van der Waals surface area contributed by atoms with Gasteiger partial charge in [-0.15, -0.1) is 5.10 Å². The first-order valence-electron chi connectivity index (χ1n) is 6.20. The Morgan fingerprint density at radius 3 is 3.00 bits per heavy atom. The van der Waals surface area contributed by atoms with Crippen molar-refractivity contribution in [2.45, 2.75) is 45.2 Å². The second kappa shape index (κ2) is 5.16. The summed E-state index contributed by atoms with van der Waals surface area (Å²) < 4.78 is 1.94. The highest BCUT2D eigenvalue weighted by atomic mass is 15.5. The lowest BCUT2D eigenvalue weighted by Gasteiger charge is -2.24. The molecule has 1 heterocycles. The molecule has 6 heteroatoms. The van der Waals surface area contributed by atoms with Crippen LogP contribution in [0.2, 0.25) is 0 Å². The average Bonchev–Trinajstić information content (AvgIpc) is 3.01. The number of nitrogens with one attached hydrogen (secondary N) is 1. The molecule has 0 spiro atoms. The van der Waals surface area contributed by atoms with Gasteiger partial charge in [-0.2, -0.15) is 0 Å². The molecule has 1 fully saturated rings. The van der Waals surface area contributed by atoms with Gasteiger partial charge in [0.1, 0.15) is 5.82 Å². The van der Waals surface area contributed by atoms with Gasteiger partial charge in [-0.3, -0.25) is 5.41 Å². The first kappa shape index (κ1) is 11.9. The molecule has 1 aliphatic rings. The third-order valence-corrected chi connectivity index (χ3v) is 2.94. The van der Waals surface area contributed by atoms with E-state index in [4.69, 9.17) is 11.1 Å². The summed E-state index contributed by atoms with van der Waals surface area (Å²) in [7, 11) is 0. The molecule has 0 aliphatic heterocycles. The maximum absolute atomic E-state index is 7.32. The first-order chi connectivity index (χ1) is 8.22. The summed E-state index contributed by atoms with van der Waals surface area (Å²) >= 11 is 0. The second-order valence-corrected chi connectivity index (χ2v) is 4.52. The molecule has 94 valence electrons. The molecule has 1 saturated carbocycles.